The number of hydrogen-bond donors (Lipinski definition) is 1. The Balaban J connectivity index is 2.69. The largest absolute Gasteiger partial charge is 0.464 e. The van der Waals surface area contributed by atoms with Gasteiger partial charge < -0.3 is 9.72 Å². The topological polar surface area (TPSA) is 42.1 Å². The lowest BCUT2D eigenvalue weighted by Crippen LogP contribution is -2.00. The van der Waals surface area contributed by atoms with Gasteiger partial charge in [0.1, 0.15) is 11.5 Å². The summed E-state index contributed by atoms with van der Waals surface area (Å²) in [5.41, 5.74) is 1.49. The molecule has 2 aromatic rings. The Morgan fingerprint density at radius 1 is 1.50 bits per heavy atom. The van der Waals surface area contributed by atoms with E-state index in [0.717, 1.165) is 5.39 Å². The van der Waals surface area contributed by atoms with Crippen LogP contribution in [0.4, 0.5) is 4.39 Å². The quantitative estimate of drug-likeness (QED) is 0.789. The molecule has 1 N–H and O–H groups in total. The molecule has 0 spiro atoms. The molecule has 0 aliphatic carbocycles. The number of fused-ring (bicyclic) bond motifs is 1. The standard InChI is InChI=1S/C12H10FNO2/c1-3-7-4-8(13)5-10-9(7)6-11(14-10)12(15)16-2/h3-6,14H,1H2,2H3. The molecule has 0 aliphatic rings. The molecule has 0 saturated carbocycles. The normalized spacial score (nSPS) is 10.4. The van der Waals surface area contributed by atoms with E-state index in [1.165, 1.54) is 19.2 Å². The Bertz CT molecular complexity index is 572. The highest BCUT2D eigenvalue weighted by Crippen LogP contribution is 2.22. The first kappa shape index (κ1) is 10.4. The van der Waals surface area contributed by atoms with Crippen LogP contribution in [-0.2, 0) is 4.74 Å². The molecule has 1 heterocycles. The molecule has 0 radical (unpaired) electrons. The minimum atomic E-state index is -0.480. The molecule has 16 heavy (non-hydrogen) atoms. The van der Waals surface area contributed by atoms with Crippen molar-refractivity contribution < 1.29 is 13.9 Å². The van der Waals surface area contributed by atoms with Crippen molar-refractivity contribution in [3.8, 4) is 0 Å². The zero-order valence-corrected chi connectivity index (χ0v) is 8.71. The number of halogens is 1. The number of hydrogen-bond acceptors (Lipinski definition) is 2. The molecular formula is C12H10FNO2. The van der Waals surface area contributed by atoms with Crippen LogP contribution < -0.4 is 0 Å². The Labute approximate surface area is 91.5 Å². The molecular weight excluding hydrogens is 209 g/mol. The summed E-state index contributed by atoms with van der Waals surface area (Å²) in [5, 5.41) is 0.747. The van der Waals surface area contributed by atoms with E-state index in [-0.39, 0.29) is 5.82 Å². The number of methoxy groups -OCH3 is 1. The van der Waals surface area contributed by atoms with Crippen LogP contribution >= 0.6 is 0 Å². The van der Waals surface area contributed by atoms with Crippen molar-refractivity contribution in [2.75, 3.05) is 7.11 Å². The van der Waals surface area contributed by atoms with Gasteiger partial charge in [0, 0.05) is 10.9 Å². The SMILES string of the molecule is C=Cc1cc(F)cc2[nH]c(C(=O)OC)cc12. The van der Waals surface area contributed by atoms with E-state index < -0.39 is 5.97 Å². The predicted molar refractivity (Wildman–Crippen MR) is 59.7 cm³/mol. The zero-order chi connectivity index (χ0) is 11.7. The van der Waals surface area contributed by atoms with Crippen LogP contribution in [0.1, 0.15) is 16.1 Å². The second-order valence-corrected chi connectivity index (χ2v) is 3.33. The van der Waals surface area contributed by atoms with Gasteiger partial charge in [-0.05, 0) is 23.8 Å². The second-order valence-electron chi connectivity index (χ2n) is 3.33. The van der Waals surface area contributed by atoms with Crippen LogP contribution in [0, 0.1) is 5.82 Å². The van der Waals surface area contributed by atoms with Crippen molar-refractivity contribution in [3.63, 3.8) is 0 Å². The first-order valence-corrected chi connectivity index (χ1v) is 4.68. The van der Waals surface area contributed by atoms with E-state index in [4.69, 9.17) is 0 Å². The molecule has 3 nitrogen and oxygen atoms in total. The Morgan fingerprint density at radius 2 is 2.25 bits per heavy atom. The van der Waals surface area contributed by atoms with Crippen molar-refractivity contribution in [2.45, 2.75) is 0 Å². The number of carbonyl (C=O) groups is 1. The minimum absolute atomic E-state index is 0.297. The number of nitrogens with one attached hydrogen (secondary N) is 1. The molecule has 2 rings (SSSR count). The number of H-pyrrole nitrogens is 1. The highest BCUT2D eigenvalue weighted by atomic mass is 19.1. The molecule has 0 unspecified atom stereocenters. The third kappa shape index (κ3) is 1.58. The van der Waals surface area contributed by atoms with Crippen LogP contribution in [0.5, 0.6) is 0 Å². The molecule has 1 aromatic heterocycles. The van der Waals surface area contributed by atoms with Gasteiger partial charge in [-0.25, -0.2) is 9.18 Å². The predicted octanol–water partition coefficient (Wildman–Crippen LogP) is 2.74. The van der Waals surface area contributed by atoms with E-state index in [1.54, 1.807) is 12.1 Å². The summed E-state index contributed by atoms with van der Waals surface area (Å²) in [7, 11) is 1.29. The fourth-order valence-corrected chi connectivity index (χ4v) is 1.62. The number of aromatic amines is 1. The molecule has 1 aromatic carbocycles. The molecule has 0 aliphatic heterocycles. The summed E-state index contributed by atoms with van der Waals surface area (Å²) >= 11 is 0. The average Bonchev–Trinajstić information content (AvgIpc) is 2.70. The van der Waals surface area contributed by atoms with Gasteiger partial charge in [0.15, 0.2) is 0 Å². The highest BCUT2D eigenvalue weighted by Gasteiger charge is 2.11. The van der Waals surface area contributed by atoms with Gasteiger partial charge >= 0.3 is 5.97 Å². The van der Waals surface area contributed by atoms with Crippen LogP contribution in [0.3, 0.4) is 0 Å². The van der Waals surface area contributed by atoms with Gasteiger partial charge in [-0.15, -0.1) is 0 Å². The summed E-state index contributed by atoms with van der Waals surface area (Å²) in [5.74, 6) is -0.854. The summed E-state index contributed by atoms with van der Waals surface area (Å²) in [6.45, 7) is 3.60. The molecule has 0 amide bonds. The van der Waals surface area contributed by atoms with Gasteiger partial charge in [-0.2, -0.15) is 0 Å². The van der Waals surface area contributed by atoms with E-state index in [0.29, 0.717) is 16.8 Å². The lowest BCUT2D eigenvalue weighted by Gasteiger charge is -1.96. The monoisotopic (exact) mass is 219 g/mol. The maximum atomic E-state index is 13.2. The maximum absolute atomic E-state index is 13.2. The molecule has 0 bridgehead atoms. The lowest BCUT2D eigenvalue weighted by molar-refractivity contribution is 0.0595. The number of esters is 1. The third-order valence-electron chi connectivity index (χ3n) is 2.36. The second kappa shape index (κ2) is 3.81. The van der Waals surface area contributed by atoms with Crippen LogP contribution in [0.2, 0.25) is 0 Å². The van der Waals surface area contributed by atoms with Crippen molar-refractivity contribution in [2.24, 2.45) is 0 Å². The van der Waals surface area contributed by atoms with Gasteiger partial charge in [-0.3, -0.25) is 0 Å². The van der Waals surface area contributed by atoms with Crippen molar-refractivity contribution in [1.82, 2.24) is 4.98 Å². The maximum Gasteiger partial charge on any atom is 0.354 e. The summed E-state index contributed by atoms with van der Waals surface area (Å²) in [6.07, 6.45) is 1.54. The van der Waals surface area contributed by atoms with E-state index >= 15 is 0 Å². The smallest absolute Gasteiger partial charge is 0.354 e. The Morgan fingerprint density at radius 3 is 2.88 bits per heavy atom. The number of rotatable bonds is 2. The van der Waals surface area contributed by atoms with E-state index in [9.17, 15) is 9.18 Å². The summed E-state index contributed by atoms with van der Waals surface area (Å²) in [4.78, 5) is 14.1. The van der Waals surface area contributed by atoms with Crippen LogP contribution in [-0.4, -0.2) is 18.1 Å². The summed E-state index contributed by atoms with van der Waals surface area (Å²) in [6, 6.07) is 4.32. The van der Waals surface area contributed by atoms with Gasteiger partial charge in [0.2, 0.25) is 0 Å². The molecule has 4 heteroatoms. The van der Waals surface area contributed by atoms with Crippen LogP contribution in [0.15, 0.2) is 24.8 Å². The third-order valence-corrected chi connectivity index (χ3v) is 2.36. The average molecular weight is 219 g/mol. The number of carbonyl (C=O) groups excluding carboxylic acids is 1. The first-order valence-electron chi connectivity index (χ1n) is 4.68. The molecule has 0 fully saturated rings. The van der Waals surface area contributed by atoms with E-state index in [1.807, 2.05) is 0 Å². The van der Waals surface area contributed by atoms with Crippen LogP contribution in [0.25, 0.3) is 17.0 Å². The van der Waals surface area contributed by atoms with Crippen molar-refractivity contribution in [1.29, 1.82) is 0 Å². The first-order chi connectivity index (χ1) is 7.65. The molecule has 0 saturated heterocycles. The van der Waals surface area contributed by atoms with Gasteiger partial charge in [-0.1, -0.05) is 12.7 Å². The highest BCUT2D eigenvalue weighted by molar-refractivity contribution is 5.97. The zero-order valence-electron chi connectivity index (χ0n) is 8.71. The summed E-state index contributed by atoms with van der Waals surface area (Å²) < 4.78 is 17.8. The van der Waals surface area contributed by atoms with Gasteiger partial charge in [0.25, 0.3) is 0 Å². The lowest BCUT2D eigenvalue weighted by atomic mass is 10.1. The Hall–Kier alpha value is -2.10. The number of aromatic nitrogens is 1. The van der Waals surface area contributed by atoms with Gasteiger partial charge in [0.05, 0.1) is 7.11 Å². The van der Waals surface area contributed by atoms with Crippen molar-refractivity contribution >= 4 is 22.9 Å². The Kier molecular flexibility index (Phi) is 2.48. The molecule has 0 atom stereocenters. The number of benzene rings is 1. The fourth-order valence-electron chi connectivity index (χ4n) is 1.62. The molecule has 82 valence electrons. The minimum Gasteiger partial charge on any atom is -0.464 e. The van der Waals surface area contributed by atoms with E-state index in [2.05, 4.69) is 16.3 Å². The van der Waals surface area contributed by atoms with Crippen molar-refractivity contribution in [3.05, 3.63) is 41.9 Å². The number of ether oxygens (including phenoxy) is 1. The fraction of sp³-hybridized carbons (Fsp3) is 0.0833.